The molecule has 2 N–H and O–H groups in total. The van der Waals surface area contributed by atoms with Crippen LogP contribution in [0.1, 0.15) is 12.0 Å². The van der Waals surface area contributed by atoms with Gasteiger partial charge in [0.2, 0.25) is 5.91 Å². The zero-order valence-electron chi connectivity index (χ0n) is 16.3. The van der Waals surface area contributed by atoms with E-state index in [0.29, 0.717) is 25.1 Å². The van der Waals surface area contributed by atoms with Crippen molar-refractivity contribution >= 4 is 17.3 Å². The monoisotopic (exact) mass is 399 g/mol. The van der Waals surface area contributed by atoms with Crippen LogP contribution in [-0.4, -0.2) is 61.3 Å². The van der Waals surface area contributed by atoms with E-state index in [-0.39, 0.29) is 18.3 Å². The lowest BCUT2D eigenvalue weighted by atomic mass is 10.0. The summed E-state index contributed by atoms with van der Waals surface area (Å²) in [5, 5.41) is 13.2. The first-order chi connectivity index (χ1) is 14.1. The third-order valence-electron chi connectivity index (χ3n) is 5.45. The number of carbonyl (C=O) groups is 1. The van der Waals surface area contributed by atoms with Crippen molar-refractivity contribution in [2.75, 3.05) is 49.5 Å². The molecule has 1 saturated heterocycles. The molecule has 0 saturated carbocycles. The number of piperazine rings is 1. The van der Waals surface area contributed by atoms with Crippen LogP contribution >= 0.6 is 0 Å². The molecule has 2 aliphatic rings. The Hall–Kier alpha value is -2.64. The normalized spacial score (nSPS) is 18.1. The summed E-state index contributed by atoms with van der Waals surface area (Å²) in [4.78, 5) is 15.9. The molecule has 1 atom stereocenters. The highest BCUT2D eigenvalue weighted by atomic mass is 19.1. The maximum atomic E-state index is 13.1. The van der Waals surface area contributed by atoms with Gasteiger partial charge in [-0.1, -0.05) is 0 Å². The topological polar surface area (TPSA) is 65.0 Å². The second-order valence-corrected chi connectivity index (χ2v) is 7.60. The lowest BCUT2D eigenvalue weighted by Crippen LogP contribution is -2.49. The van der Waals surface area contributed by atoms with E-state index in [2.05, 4.69) is 15.1 Å². The quantitative estimate of drug-likeness (QED) is 0.780. The summed E-state index contributed by atoms with van der Waals surface area (Å²) in [5.41, 5.74) is 2.93. The van der Waals surface area contributed by atoms with Gasteiger partial charge in [0, 0.05) is 50.5 Å². The zero-order valence-corrected chi connectivity index (χ0v) is 16.3. The molecule has 1 fully saturated rings. The van der Waals surface area contributed by atoms with Gasteiger partial charge in [0.05, 0.1) is 0 Å². The highest BCUT2D eigenvalue weighted by Crippen LogP contribution is 2.27. The lowest BCUT2D eigenvalue weighted by Gasteiger charge is -2.36. The molecule has 1 amide bonds. The molecule has 7 heteroatoms. The van der Waals surface area contributed by atoms with Gasteiger partial charge in [-0.05, 0) is 54.4 Å². The zero-order chi connectivity index (χ0) is 20.2. The Bertz CT molecular complexity index is 851. The van der Waals surface area contributed by atoms with Crippen molar-refractivity contribution in [1.29, 1.82) is 0 Å². The number of nitrogens with one attached hydrogen (secondary N) is 1. The van der Waals surface area contributed by atoms with E-state index in [0.717, 1.165) is 43.1 Å². The van der Waals surface area contributed by atoms with Gasteiger partial charge in [-0.25, -0.2) is 4.39 Å². The lowest BCUT2D eigenvalue weighted by molar-refractivity contribution is -0.116. The molecule has 2 aromatic rings. The van der Waals surface area contributed by atoms with Crippen molar-refractivity contribution in [1.82, 2.24) is 4.90 Å². The van der Waals surface area contributed by atoms with Crippen LogP contribution < -0.4 is 15.0 Å². The number of fused-ring (bicyclic) bond motifs is 1. The highest BCUT2D eigenvalue weighted by Gasteiger charge is 2.20. The molecule has 0 spiro atoms. The standard InChI is InChI=1S/C22H26FN3O3/c23-17-2-4-18(5-3-17)26-11-9-25(10-12-26)14-19(27)15-29-20-6-7-21-16(13-20)1-8-22(28)24-21/h2-7,13,19,27H,1,8-12,14-15H2,(H,24,28). The average molecular weight is 399 g/mol. The van der Waals surface area contributed by atoms with Crippen LogP contribution in [0.2, 0.25) is 0 Å². The van der Waals surface area contributed by atoms with Crippen molar-refractivity contribution in [3.8, 4) is 5.75 Å². The number of rotatable bonds is 6. The van der Waals surface area contributed by atoms with E-state index in [9.17, 15) is 14.3 Å². The first-order valence-electron chi connectivity index (χ1n) is 10.0. The average Bonchev–Trinajstić information content (AvgIpc) is 2.73. The smallest absolute Gasteiger partial charge is 0.224 e. The second kappa shape index (κ2) is 8.80. The van der Waals surface area contributed by atoms with Gasteiger partial charge in [-0.2, -0.15) is 0 Å². The van der Waals surface area contributed by atoms with Crippen molar-refractivity contribution < 1.29 is 19.0 Å². The number of hydrogen-bond acceptors (Lipinski definition) is 5. The van der Waals surface area contributed by atoms with Gasteiger partial charge in [0.1, 0.15) is 24.3 Å². The molecular formula is C22H26FN3O3. The van der Waals surface area contributed by atoms with E-state index in [1.54, 1.807) is 12.1 Å². The maximum absolute atomic E-state index is 13.1. The number of halogens is 1. The largest absolute Gasteiger partial charge is 0.491 e. The van der Waals surface area contributed by atoms with Gasteiger partial charge in [-0.15, -0.1) is 0 Å². The number of hydrogen-bond donors (Lipinski definition) is 2. The van der Waals surface area contributed by atoms with Crippen LogP contribution in [0.15, 0.2) is 42.5 Å². The second-order valence-electron chi connectivity index (χ2n) is 7.60. The molecule has 0 aromatic heterocycles. The summed E-state index contributed by atoms with van der Waals surface area (Å²) in [6.45, 7) is 4.15. The minimum atomic E-state index is -0.580. The number of aryl methyl sites for hydroxylation is 1. The Labute approximate surface area is 169 Å². The Balaban J connectivity index is 1.22. The third kappa shape index (κ3) is 5.05. The fourth-order valence-electron chi connectivity index (χ4n) is 3.83. The minimum Gasteiger partial charge on any atom is -0.491 e. The molecule has 2 heterocycles. The van der Waals surface area contributed by atoms with Crippen LogP contribution in [0.3, 0.4) is 0 Å². The first-order valence-corrected chi connectivity index (χ1v) is 10.0. The molecule has 4 rings (SSSR count). The fraction of sp³-hybridized carbons (Fsp3) is 0.409. The van der Waals surface area contributed by atoms with Gasteiger partial charge in [-0.3, -0.25) is 9.69 Å². The number of β-amino-alcohol motifs (C(OH)–C–C–N with tert-alkyl or cyclic N) is 1. The predicted molar refractivity (Wildman–Crippen MR) is 110 cm³/mol. The molecule has 29 heavy (non-hydrogen) atoms. The molecule has 1 unspecified atom stereocenters. The van der Waals surface area contributed by atoms with E-state index in [4.69, 9.17) is 4.74 Å². The van der Waals surface area contributed by atoms with E-state index >= 15 is 0 Å². The summed E-state index contributed by atoms with van der Waals surface area (Å²) in [6.07, 6.45) is 0.616. The number of carbonyl (C=O) groups excluding carboxylic acids is 1. The van der Waals surface area contributed by atoms with E-state index < -0.39 is 6.10 Å². The summed E-state index contributed by atoms with van der Waals surface area (Å²) < 4.78 is 18.8. The van der Waals surface area contributed by atoms with Gasteiger partial charge < -0.3 is 20.1 Å². The summed E-state index contributed by atoms with van der Waals surface area (Å²) in [5.74, 6) is 0.528. The Kier molecular flexibility index (Phi) is 5.97. The van der Waals surface area contributed by atoms with Crippen LogP contribution in [0.5, 0.6) is 5.75 Å². The van der Waals surface area contributed by atoms with Crippen molar-refractivity contribution in [3.63, 3.8) is 0 Å². The Morgan fingerprint density at radius 2 is 1.83 bits per heavy atom. The van der Waals surface area contributed by atoms with Gasteiger partial charge in [0.25, 0.3) is 0 Å². The number of ether oxygens (including phenoxy) is 1. The SMILES string of the molecule is O=C1CCc2cc(OCC(O)CN3CCN(c4ccc(F)cc4)CC3)ccc2N1. The number of anilines is 2. The minimum absolute atomic E-state index is 0.0427. The Morgan fingerprint density at radius 1 is 1.07 bits per heavy atom. The molecule has 0 bridgehead atoms. The van der Waals surface area contributed by atoms with Crippen LogP contribution in [0.4, 0.5) is 15.8 Å². The molecule has 2 aromatic carbocycles. The van der Waals surface area contributed by atoms with Gasteiger partial charge >= 0.3 is 0 Å². The van der Waals surface area contributed by atoms with Crippen molar-refractivity contribution in [2.45, 2.75) is 18.9 Å². The summed E-state index contributed by atoms with van der Waals surface area (Å²) >= 11 is 0. The number of benzene rings is 2. The molecule has 6 nitrogen and oxygen atoms in total. The number of nitrogens with zero attached hydrogens (tertiary/aromatic N) is 2. The predicted octanol–water partition coefficient (Wildman–Crippen LogP) is 2.27. The van der Waals surface area contributed by atoms with Crippen LogP contribution in [-0.2, 0) is 11.2 Å². The molecular weight excluding hydrogens is 373 g/mol. The molecule has 0 aliphatic carbocycles. The molecule has 2 aliphatic heterocycles. The Morgan fingerprint density at radius 3 is 2.59 bits per heavy atom. The summed E-state index contributed by atoms with van der Waals surface area (Å²) in [7, 11) is 0. The highest BCUT2D eigenvalue weighted by molar-refractivity contribution is 5.93. The number of aliphatic hydroxyl groups is 1. The van der Waals surface area contributed by atoms with Crippen molar-refractivity contribution in [3.05, 3.63) is 53.8 Å². The maximum Gasteiger partial charge on any atom is 0.224 e. The van der Waals surface area contributed by atoms with E-state index in [1.807, 2.05) is 18.2 Å². The van der Waals surface area contributed by atoms with Gasteiger partial charge in [0.15, 0.2) is 0 Å². The van der Waals surface area contributed by atoms with Crippen molar-refractivity contribution in [2.24, 2.45) is 0 Å². The number of amides is 1. The molecule has 154 valence electrons. The summed E-state index contributed by atoms with van der Waals surface area (Å²) in [6, 6.07) is 12.2. The fourth-order valence-corrected chi connectivity index (χ4v) is 3.83. The first kappa shape index (κ1) is 19.7. The molecule has 0 radical (unpaired) electrons. The van der Waals surface area contributed by atoms with E-state index in [1.165, 1.54) is 12.1 Å². The third-order valence-corrected chi connectivity index (χ3v) is 5.45. The van der Waals surface area contributed by atoms with Crippen LogP contribution in [0.25, 0.3) is 0 Å². The van der Waals surface area contributed by atoms with Crippen LogP contribution in [0, 0.1) is 5.82 Å². The number of aliphatic hydroxyl groups excluding tert-OH is 1.